The monoisotopic (exact) mass is 398 g/mol. The molecule has 7 heteroatoms. The molecule has 1 unspecified atom stereocenters. The maximum Gasteiger partial charge on any atom is 0.289 e. The third kappa shape index (κ3) is 3.69. The fourth-order valence-corrected chi connectivity index (χ4v) is 4.53. The van der Waals surface area contributed by atoms with Crippen molar-refractivity contribution in [1.29, 1.82) is 0 Å². The van der Waals surface area contributed by atoms with Crippen molar-refractivity contribution in [2.75, 3.05) is 40.4 Å². The summed E-state index contributed by atoms with van der Waals surface area (Å²) in [7, 11) is 3.13. The molecule has 0 N–H and O–H groups in total. The zero-order chi connectivity index (χ0) is 20.4. The third-order valence-corrected chi connectivity index (χ3v) is 6.04. The average molecular weight is 398 g/mol. The first-order valence-corrected chi connectivity index (χ1v) is 9.89. The molecule has 0 saturated carbocycles. The van der Waals surface area contributed by atoms with Gasteiger partial charge in [0.25, 0.3) is 11.8 Å². The second-order valence-electron chi connectivity index (χ2n) is 7.85. The largest absolute Gasteiger partial charge is 0.493 e. The molecule has 0 radical (unpaired) electrons. The topological polar surface area (TPSA) is 72.2 Å². The normalized spacial score (nSPS) is 21.4. The van der Waals surface area contributed by atoms with E-state index >= 15 is 0 Å². The number of carbonyl (C=O) groups excluding carboxylic acids is 2. The van der Waals surface area contributed by atoms with Gasteiger partial charge in [-0.1, -0.05) is 0 Å². The Labute approximate surface area is 170 Å². The van der Waals surface area contributed by atoms with Gasteiger partial charge in [0.2, 0.25) is 0 Å². The van der Waals surface area contributed by atoms with E-state index in [0.29, 0.717) is 42.5 Å². The number of furan rings is 1. The lowest BCUT2D eigenvalue weighted by Gasteiger charge is -2.40. The number of hydrogen-bond donors (Lipinski definition) is 0. The van der Waals surface area contributed by atoms with E-state index in [1.165, 1.54) is 6.26 Å². The molecule has 2 amide bonds. The maximum atomic E-state index is 13.1. The van der Waals surface area contributed by atoms with E-state index in [1.54, 1.807) is 44.6 Å². The van der Waals surface area contributed by atoms with Crippen molar-refractivity contribution in [3.63, 3.8) is 0 Å². The molecule has 2 aromatic rings. The third-order valence-electron chi connectivity index (χ3n) is 6.04. The van der Waals surface area contributed by atoms with Gasteiger partial charge < -0.3 is 23.7 Å². The van der Waals surface area contributed by atoms with Gasteiger partial charge in [0.15, 0.2) is 17.3 Å². The summed E-state index contributed by atoms with van der Waals surface area (Å²) >= 11 is 0. The lowest BCUT2D eigenvalue weighted by molar-refractivity contribution is 0.0489. The molecule has 29 heavy (non-hydrogen) atoms. The molecule has 1 atom stereocenters. The number of piperidine rings is 1. The van der Waals surface area contributed by atoms with Gasteiger partial charge in [0, 0.05) is 37.2 Å². The summed E-state index contributed by atoms with van der Waals surface area (Å²) in [5.74, 6) is 1.43. The van der Waals surface area contributed by atoms with Crippen LogP contribution in [0.25, 0.3) is 0 Å². The van der Waals surface area contributed by atoms with Crippen LogP contribution in [0.4, 0.5) is 0 Å². The molecule has 1 aromatic carbocycles. The van der Waals surface area contributed by atoms with E-state index in [0.717, 1.165) is 25.8 Å². The molecule has 4 rings (SSSR count). The summed E-state index contributed by atoms with van der Waals surface area (Å²) in [5.41, 5.74) is 0.534. The maximum absolute atomic E-state index is 13.1. The Balaban J connectivity index is 1.46. The summed E-state index contributed by atoms with van der Waals surface area (Å²) in [5, 5.41) is 0. The van der Waals surface area contributed by atoms with Gasteiger partial charge in [-0.15, -0.1) is 0 Å². The number of methoxy groups -OCH3 is 2. The van der Waals surface area contributed by atoms with E-state index in [9.17, 15) is 9.59 Å². The Hall–Kier alpha value is -2.96. The van der Waals surface area contributed by atoms with E-state index in [1.807, 2.05) is 9.80 Å². The highest BCUT2D eigenvalue weighted by atomic mass is 16.5. The van der Waals surface area contributed by atoms with Crippen molar-refractivity contribution < 1.29 is 23.5 Å². The Morgan fingerprint density at radius 1 is 0.966 bits per heavy atom. The summed E-state index contributed by atoms with van der Waals surface area (Å²) in [6.45, 7) is 2.73. The number of likely N-dealkylation sites (tertiary alicyclic amines) is 2. The smallest absolute Gasteiger partial charge is 0.289 e. The second-order valence-corrected chi connectivity index (χ2v) is 7.85. The lowest BCUT2D eigenvalue weighted by atomic mass is 9.79. The number of nitrogens with zero attached hydrogens (tertiary/aromatic N) is 2. The second kappa shape index (κ2) is 7.81. The number of amides is 2. The summed E-state index contributed by atoms with van der Waals surface area (Å²) in [6, 6.07) is 8.67. The SMILES string of the molecule is COc1ccc(C(=O)N2CCC3(CCCN(C(=O)c4ccco4)C3)C2)cc1OC. The Bertz CT molecular complexity index is 895. The molecule has 2 aliphatic heterocycles. The minimum atomic E-state index is -0.0706. The van der Waals surface area contributed by atoms with Crippen LogP contribution in [0.5, 0.6) is 11.5 Å². The molecule has 3 heterocycles. The number of carbonyl (C=O) groups is 2. The Kier molecular flexibility index (Phi) is 5.22. The van der Waals surface area contributed by atoms with E-state index < -0.39 is 0 Å². The molecule has 1 spiro atoms. The van der Waals surface area contributed by atoms with Crippen LogP contribution in [-0.4, -0.2) is 62.0 Å². The van der Waals surface area contributed by atoms with Crippen molar-refractivity contribution >= 4 is 11.8 Å². The Morgan fingerprint density at radius 2 is 1.72 bits per heavy atom. The van der Waals surface area contributed by atoms with Gasteiger partial charge in [-0.05, 0) is 49.6 Å². The minimum Gasteiger partial charge on any atom is -0.493 e. The molecule has 0 bridgehead atoms. The molecule has 2 saturated heterocycles. The van der Waals surface area contributed by atoms with Gasteiger partial charge in [0.05, 0.1) is 20.5 Å². The summed E-state index contributed by atoms with van der Waals surface area (Å²) in [4.78, 5) is 29.5. The highest BCUT2D eigenvalue weighted by Crippen LogP contribution is 2.40. The van der Waals surface area contributed by atoms with Crippen LogP contribution in [-0.2, 0) is 0 Å². The van der Waals surface area contributed by atoms with E-state index in [4.69, 9.17) is 13.9 Å². The minimum absolute atomic E-state index is 0.0164. The standard InChI is InChI=1S/C22H26N2O5/c1-27-17-7-6-16(13-19(17)28-2)20(25)24-11-9-22(15-24)8-4-10-23(14-22)21(26)18-5-3-12-29-18/h3,5-7,12-13H,4,8-11,14-15H2,1-2H3. The average Bonchev–Trinajstić information content (AvgIpc) is 3.43. The lowest BCUT2D eigenvalue weighted by Crippen LogP contribution is -2.47. The van der Waals surface area contributed by atoms with Crippen molar-refractivity contribution in [3.05, 3.63) is 47.9 Å². The number of ether oxygens (including phenoxy) is 2. The van der Waals surface area contributed by atoms with Crippen LogP contribution in [0.1, 0.15) is 40.2 Å². The molecule has 1 aromatic heterocycles. The molecule has 2 fully saturated rings. The van der Waals surface area contributed by atoms with Gasteiger partial charge in [0.1, 0.15) is 0 Å². The number of rotatable bonds is 4. The van der Waals surface area contributed by atoms with E-state index in [2.05, 4.69) is 0 Å². The molecule has 2 aliphatic rings. The quantitative estimate of drug-likeness (QED) is 0.792. The Morgan fingerprint density at radius 3 is 2.41 bits per heavy atom. The fourth-order valence-electron chi connectivity index (χ4n) is 4.53. The molecule has 7 nitrogen and oxygen atoms in total. The first-order chi connectivity index (χ1) is 14.0. The van der Waals surface area contributed by atoms with Crippen molar-refractivity contribution in [3.8, 4) is 11.5 Å². The molecular weight excluding hydrogens is 372 g/mol. The van der Waals surface area contributed by atoms with Crippen molar-refractivity contribution in [2.45, 2.75) is 19.3 Å². The molecular formula is C22H26N2O5. The number of hydrogen-bond acceptors (Lipinski definition) is 5. The summed E-state index contributed by atoms with van der Waals surface area (Å²) < 4.78 is 15.9. The van der Waals surface area contributed by atoms with Gasteiger partial charge in [-0.2, -0.15) is 0 Å². The fraction of sp³-hybridized carbons (Fsp3) is 0.455. The predicted octanol–water partition coefficient (Wildman–Crippen LogP) is 3.07. The van der Waals surface area contributed by atoms with Crippen LogP contribution < -0.4 is 9.47 Å². The highest BCUT2D eigenvalue weighted by molar-refractivity contribution is 5.95. The van der Waals surface area contributed by atoms with Crippen LogP contribution >= 0.6 is 0 Å². The zero-order valence-electron chi connectivity index (χ0n) is 16.8. The molecule has 0 aliphatic carbocycles. The predicted molar refractivity (Wildman–Crippen MR) is 106 cm³/mol. The zero-order valence-corrected chi connectivity index (χ0v) is 16.8. The first kappa shape index (κ1) is 19.4. The highest BCUT2D eigenvalue weighted by Gasteiger charge is 2.44. The van der Waals surface area contributed by atoms with Crippen LogP contribution in [0.2, 0.25) is 0 Å². The van der Waals surface area contributed by atoms with Crippen LogP contribution in [0.15, 0.2) is 41.0 Å². The van der Waals surface area contributed by atoms with Crippen molar-refractivity contribution in [1.82, 2.24) is 9.80 Å². The molecule has 154 valence electrons. The van der Waals surface area contributed by atoms with Gasteiger partial charge >= 0.3 is 0 Å². The van der Waals surface area contributed by atoms with E-state index in [-0.39, 0.29) is 17.2 Å². The van der Waals surface area contributed by atoms with Gasteiger partial charge in [-0.3, -0.25) is 9.59 Å². The van der Waals surface area contributed by atoms with Gasteiger partial charge in [-0.25, -0.2) is 0 Å². The van der Waals surface area contributed by atoms with Crippen LogP contribution in [0, 0.1) is 5.41 Å². The first-order valence-electron chi connectivity index (χ1n) is 9.89. The van der Waals surface area contributed by atoms with Crippen molar-refractivity contribution in [2.24, 2.45) is 5.41 Å². The number of benzene rings is 1. The van der Waals surface area contributed by atoms with Crippen LogP contribution in [0.3, 0.4) is 0 Å². The summed E-state index contributed by atoms with van der Waals surface area (Å²) in [6.07, 6.45) is 4.37.